The van der Waals surface area contributed by atoms with Crippen molar-refractivity contribution in [2.24, 2.45) is 5.92 Å². The van der Waals surface area contributed by atoms with Crippen molar-refractivity contribution in [3.8, 4) is 0 Å². The molecule has 0 amide bonds. The third-order valence-electron chi connectivity index (χ3n) is 4.36. The fourth-order valence-electron chi connectivity index (χ4n) is 3.51. The third-order valence-corrected chi connectivity index (χ3v) is 4.36. The summed E-state index contributed by atoms with van der Waals surface area (Å²) >= 11 is 0. The first kappa shape index (κ1) is 12.5. The number of aryl methyl sites for hydroxylation is 1. The highest BCUT2D eigenvalue weighted by Crippen LogP contribution is 2.41. The molecule has 2 heteroatoms. The maximum absolute atomic E-state index is 3.99. The number of rotatable bonds is 1. The van der Waals surface area contributed by atoms with Gasteiger partial charge in [-0.1, -0.05) is 37.8 Å². The Bertz CT molecular complexity index is 544. The lowest BCUT2D eigenvalue weighted by atomic mass is 9.84. The molecule has 2 heterocycles. The molecule has 1 unspecified atom stereocenters. The van der Waals surface area contributed by atoms with Crippen LogP contribution in [-0.2, 0) is 0 Å². The number of benzene rings is 1. The number of nitrogens with zero attached hydrogens (tertiary/aromatic N) is 2. The van der Waals surface area contributed by atoms with Crippen LogP contribution < -0.4 is 4.90 Å². The number of likely N-dealkylation sites (N-methyl/N-ethyl adjacent to an activating group) is 1. The van der Waals surface area contributed by atoms with Gasteiger partial charge in [0.2, 0.25) is 0 Å². The maximum Gasteiger partial charge on any atom is 0.0528 e. The summed E-state index contributed by atoms with van der Waals surface area (Å²) in [6.07, 6.45) is 4.43. The van der Waals surface area contributed by atoms with Crippen LogP contribution in [0.4, 0.5) is 5.69 Å². The second-order valence-corrected chi connectivity index (χ2v) is 5.86. The van der Waals surface area contributed by atoms with Crippen LogP contribution in [0.15, 0.2) is 37.1 Å². The Morgan fingerprint density at radius 2 is 2.11 bits per heavy atom. The predicted molar refractivity (Wildman–Crippen MR) is 82.3 cm³/mol. The van der Waals surface area contributed by atoms with Gasteiger partial charge < -0.3 is 4.90 Å². The van der Waals surface area contributed by atoms with Gasteiger partial charge in [-0.25, -0.2) is 0 Å². The van der Waals surface area contributed by atoms with Gasteiger partial charge in [-0.3, -0.25) is 4.90 Å². The van der Waals surface area contributed by atoms with Gasteiger partial charge in [0.25, 0.3) is 0 Å². The fourth-order valence-corrected chi connectivity index (χ4v) is 3.51. The molecule has 0 bridgehead atoms. The normalized spacial score (nSPS) is 26.5. The van der Waals surface area contributed by atoms with E-state index in [4.69, 9.17) is 0 Å². The second kappa shape index (κ2) is 4.53. The molecule has 0 spiro atoms. The van der Waals surface area contributed by atoms with Crippen molar-refractivity contribution in [3.63, 3.8) is 0 Å². The highest BCUT2D eigenvalue weighted by atomic mass is 15.2. The molecule has 0 saturated heterocycles. The molecule has 0 fully saturated rings. The van der Waals surface area contributed by atoms with E-state index in [-0.39, 0.29) is 0 Å². The Hall–Kier alpha value is -1.54. The summed E-state index contributed by atoms with van der Waals surface area (Å²) < 4.78 is 0. The third kappa shape index (κ3) is 1.91. The SMILES string of the molecule is C=CN1CC2C(=C[C@H](C)CN2C)c2cccc(C)c21. The van der Waals surface area contributed by atoms with E-state index in [2.05, 4.69) is 61.5 Å². The van der Waals surface area contributed by atoms with Gasteiger partial charge in [-0.2, -0.15) is 0 Å². The van der Waals surface area contributed by atoms with Crippen LogP contribution in [0, 0.1) is 12.8 Å². The van der Waals surface area contributed by atoms with Gasteiger partial charge in [0.05, 0.1) is 11.7 Å². The summed E-state index contributed by atoms with van der Waals surface area (Å²) in [5.41, 5.74) is 5.55. The van der Waals surface area contributed by atoms with Crippen molar-refractivity contribution in [1.29, 1.82) is 0 Å². The number of fused-ring (bicyclic) bond motifs is 3. The zero-order valence-corrected chi connectivity index (χ0v) is 12.1. The number of anilines is 1. The largest absolute Gasteiger partial charge is 0.346 e. The molecule has 1 aromatic carbocycles. The molecule has 0 N–H and O–H groups in total. The first-order valence-electron chi connectivity index (χ1n) is 7.03. The molecule has 1 aromatic rings. The summed E-state index contributed by atoms with van der Waals surface area (Å²) in [5.74, 6) is 0.625. The van der Waals surface area contributed by atoms with Crippen molar-refractivity contribution >= 4 is 11.3 Å². The quantitative estimate of drug-likeness (QED) is 0.759. The van der Waals surface area contributed by atoms with Crippen molar-refractivity contribution in [3.05, 3.63) is 48.2 Å². The summed E-state index contributed by atoms with van der Waals surface area (Å²) in [5, 5.41) is 0. The van der Waals surface area contributed by atoms with E-state index >= 15 is 0 Å². The van der Waals surface area contributed by atoms with Crippen LogP contribution in [0.1, 0.15) is 18.1 Å². The van der Waals surface area contributed by atoms with Crippen LogP contribution in [-0.4, -0.2) is 31.1 Å². The molecule has 2 aliphatic rings. The average molecular weight is 254 g/mol. The molecule has 19 heavy (non-hydrogen) atoms. The molecule has 0 radical (unpaired) electrons. The molecule has 2 nitrogen and oxygen atoms in total. The van der Waals surface area contributed by atoms with Crippen molar-refractivity contribution in [2.75, 3.05) is 25.0 Å². The van der Waals surface area contributed by atoms with Crippen LogP contribution >= 0.6 is 0 Å². The van der Waals surface area contributed by atoms with Crippen molar-refractivity contribution < 1.29 is 0 Å². The van der Waals surface area contributed by atoms with Crippen LogP contribution in [0.5, 0.6) is 0 Å². The minimum atomic E-state index is 0.489. The summed E-state index contributed by atoms with van der Waals surface area (Å²) in [6, 6.07) is 7.09. The Kier molecular flexibility index (Phi) is 2.98. The highest BCUT2D eigenvalue weighted by molar-refractivity contribution is 5.85. The van der Waals surface area contributed by atoms with E-state index in [1.54, 1.807) is 0 Å². The highest BCUT2D eigenvalue weighted by Gasteiger charge is 2.34. The Morgan fingerprint density at radius 3 is 2.84 bits per heavy atom. The lowest BCUT2D eigenvalue weighted by molar-refractivity contribution is 0.255. The van der Waals surface area contributed by atoms with Gasteiger partial charge in [-0.05, 0) is 37.2 Å². The lowest BCUT2D eigenvalue weighted by Crippen LogP contribution is -2.48. The second-order valence-electron chi connectivity index (χ2n) is 5.86. The van der Waals surface area contributed by atoms with Gasteiger partial charge in [0, 0.05) is 18.7 Å². The maximum atomic E-state index is 3.99. The fraction of sp³-hybridized carbons (Fsp3) is 0.412. The Labute approximate surface area is 116 Å². The Morgan fingerprint density at radius 1 is 1.32 bits per heavy atom. The number of hydrogen-bond donors (Lipinski definition) is 0. The Balaban J connectivity index is 2.20. The first-order chi connectivity index (χ1) is 9.11. The summed E-state index contributed by atoms with van der Waals surface area (Å²) in [4.78, 5) is 4.78. The van der Waals surface area contributed by atoms with Gasteiger partial charge in [0.15, 0.2) is 0 Å². The van der Waals surface area contributed by atoms with Gasteiger partial charge >= 0.3 is 0 Å². The molecule has 2 atom stereocenters. The topological polar surface area (TPSA) is 6.48 Å². The average Bonchev–Trinajstić information content (AvgIpc) is 2.38. The smallest absolute Gasteiger partial charge is 0.0528 e. The van der Waals surface area contributed by atoms with Gasteiger partial charge in [0.1, 0.15) is 0 Å². The molecule has 0 saturated carbocycles. The molecule has 3 rings (SSSR count). The number of para-hydroxylation sites is 1. The van der Waals surface area contributed by atoms with E-state index in [1.807, 2.05) is 6.20 Å². The summed E-state index contributed by atoms with van der Waals surface area (Å²) in [6.45, 7) is 10.6. The molecule has 0 aliphatic carbocycles. The molecular weight excluding hydrogens is 232 g/mol. The lowest BCUT2D eigenvalue weighted by Gasteiger charge is -2.44. The van der Waals surface area contributed by atoms with Crippen LogP contribution in [0.25, 0.3) is 5.57 Å². The van der Waals surface area contributed by atoms with E-state index in [0.29, 0.717) is 12.0 Å². The van der Waals surface area contributed by atoms with E-state index in [9.17, 15) is 0 Å². The van der Waals surface area contributed by atoms with Crippen molar-refractivity contribution in [2.45, 2.75) is 19.9 Å². The zero-order valence-electron chi connectivity index (χ0n) is 12.1. The number of hydrogen-bond acceptors (Lipinski definition) is 2. The molecule has 0 aromatic heterocycles. The summed E-state index contributed by atoms with van der Waals surface area (Å²) in [7, 11) is 2.23. The zero-order chi connectivity index (χ0) is 13.6. The molecular formula is C17H22N2. The van der Waals surface area contributed by atoms with Gasteiger partial charge in [-0.15, -0.1) is 0 Å². The van der Waals surface area contributed by atoms with E-state index in [0.717, 1.165) is 13.1 Å². The van der Waals surface area contributed by atoms with Crippen LogP contribution in [0.2, 0.25) is 0 Å². The van der Waals surface area contributed by atoms with Crippen molar-refractivity contribution in [1.82, 2.24) is 4.90 Å². The van der Waals surface area contributed by atoms with Crippen LogP contribution in [0.3, 0.4) is 0 Å². The minimum Gasteiger partial charge on any atom is -0.346 e. The standard InChI is InChI=1S/C17H22N2/c1-5-19-11-16-15(9-12(2)10-18(16)4)14-8-6-7-13(3)17(14)19/h5-9,12,16H,1,10-11H2,2-4H3/t12-,16?/m0/s1. The molecule has 100 valence electrons. The van der Waals surface area contributed by atoms with E-state index < -0.39 is 0 Å². The van der Waals surface area contributed by atoms with E-state index in [1.165, 1.54) is 22.4 Å². The first-order valence-corrected chi connectivity index (χ1v) is 7.03. The predicted octanol–water partition coefficient (Wildman–Crippen LogP) is 3.29. The minimum absolute atomic E-state index is 0.489. The molecule has 2 aliphatic heterocycles. The monoisotopic (exact) mass is 254 g/mol.